The van der Waals surface area contributed by atoms with Crippen molar-refractivity contribution in [2.45, 2.75) is 32.9 Å². The summed E-state index contributed by atoms with van der Waals surface area (Å²) in [5.74, 6) is 1.65. The fourth-order valence-corrected chi connectivity index (χ4v) is 5.08. The van der Waals surface area contributed by atoms with E-state index in [2.05, 4.69) is 19.2 Å². The summed E-state index contributed by atoms with van der Waals surface area (Å²) >= 11 is 0. The van der Waals surface area contributed by atoms with Gasteiger partial charge < -0.3 is 14.8 Å². The first-order valence-corrected chi connectivity index (χ1v) is 13.1. The summed E-state index contributed by atoms with van der Waals surface area (Å²) in [4.78, 5) is 15.4. The highest BCUT2D eigenvalue weighted by molar-refractivity contribution is 7.91. The van der Waals surface area contributed by atoms with Crippen LogP contribution in [0.25, 0.3) is 0 Å². The fraction of sp³-hybridized carbons (Fsp3) is 0.480. The molecule has 0 bridgehead atoms. The van der Waals surface area contributed by atoms with E-state index in [0.717, 1.165) is 11.1 Å². The van der Waals surface area contributed by atoms with Gasteiger partial charge in [0.05, 0.1) is 31.3 Å². The number of carbonyl (C=O) groups is 1. The summed E-state index contributed by atoms with van der Waals surface area (Å²) in [7, 11) is -1.45. The van der Waals surface area contributed by atoms with Crippen LogP contribution in [0.2, 0.25) is 0 Å². The van der Waals surface area contributed by atoms with E-state index in [4.69, 9.17) is 9.47 Å². The lowest BCUT2D eigenvalue weighted by molar-refractivity contribution is -0.127. The third kappa shape index (κ3) is 6.71. The summed E-state index contributed by atoms with van der Waals surface area (Å²) in [6.45, 7) is 7.34. The first kappa shape index (κ1) is 25.1. The van der Waals surface area contributed by atoms with E-state index in [1.165, 1.54) is 0 Å². The van der Waals surface area contributed by atoms with Gasteiger partial charge in [-0.05, 0) is 36.1 Å². The Morgan fingerprint density at radius 1 is 1.00 bits per heavy atom. The van der Waals surface area contributed by atoms with Crippen molar-refractivity contribution in [3.8, 4) is 11.5 Å². The van der Waals surface area contributed by atoms with Crippen LogP contribution in [0.15, 0.2) is 48.5 Å². The zero-order valence-corrected chi connectivity index (χ0v) is 20.6. The van der Waals surface area contributed by atoms with Gasteiger partial charge in [-0.2, -0.15) is 0 Å². The molecule has 0 saturated carbocycles. The highest BCUT2D eigenvalue weighted by Gasteiger charge is 2.33. The molecule has 3 rings (SSSR count). The van der Waals surface area contributed by atoms with E-state index in [0.29, 0.717) is 37.1 Å². The molecule has 33 heavy (non-hydrogen) atoms. The molecule has 1 aliphatic rings. The van der Waals surface area contributed by atoms with Crippen molar-refractivity contribution in [2.75, 3.05) is 38.3 Å². The molecule has 0 spiro atoms. The average Bonchev–Trinajstić information content (AvgIpc) is 2.79. The zero-order chi connectivity index (χ0) is 24.0. The molecule has 2 unspecified atom stereocenters. The Kier molecular flexibility index (Phi) is 8.37. The van der Waals surface area contributed by atoms with E-state index in [9.17, 15) is 13.2 Å². The van der Waals surface area contributed by atoms with Crippen LogP contribution >= 0.6 is 0 Å². The lowest BCUT2D eigenvalue weighted by atomic mass is 10.0. The van der Waals surface area contributed by atoms with Crippen molar-refractivity contribution < 1.29 is 22.7 Å². The Morgan fingerprint density at radius 3 is 2.27 bits per heavy atom. The Labute approximate surface area is 197 Å². The fourth-order valence-electron chi connectivity index (χ4n) is 3.85. The van der Waals surface area contributed by atoms with Crippen LogP contribution in [0.1, 0.15) is 44.0 Å². The Balaban J connectivity index is 1.77. The van der Waals surface area contributed by atoms with Crippen molar-refractivity contribution in [2.24, 2.45) is 5.92 Å². The topological polar surface area (TPSA) is 84.9 Å². The zero-order valence-electron chi connectivity index (χ0n) is 19.8. The van der Waals surface area contributed by atoms with Gasteiger partial charge in [0.15, 0.2) is 21.3 Å². The monoisotopic (exact) mass is 474 g/mol. The highest BCUT2D eigenvalue weighted by Crippen LogP contribution is 2.31. The smallest absolute Gasteiger partial charge is 0.242 e. The van der Waals surface area contributed by atoms with E-state index in [-0.39, 0.29) is 23.5 Å². The standard InChI is InChI=1S/C25H34N2O5S/c1-18(2)17-32-22-11-10-21(16-23(22)31-4)19(3)26-25(28)24(20-8-6-5-7-9-20)27-12-14-33(29,30)15-13-27/h5-11,16,18-19,24H,12-15,17H2,1-4H3,(H,26,28). The van der Waals surface area contributed by atoms with Gasteiger partial charge in [0.2, 0.25) is 5.91 Å². The molecule has 7 nitrogen and oxygen atoms in total. The summed E-state index contributed by atoms with van der Waals surface area (Å²) in [6.07, 6.45) is 0. The molecule has 0 aromatic heterocycles. The minimum Gasteiger partial charge on any atom is -0.493 e. The van der Waals surface area contributed by atoms with Gasteiger partial charge >= 0.3 is 0 Å². The van der Waals surface area contributed by atoms with Gasteiger partial charge in [0.25, 0.3) is 0 Å². The van der Waals surface area contributed by atoms with E-state index in [1.54, 1.807) is 7.11 Å². The van der Waals surface area contributed by atoms with Gasteiger partial charge in [-0.3, -0.25) is 9.69 Å². The number of nitrogens with one attached hydrogen (secondary N) is 1. The van der Waals surface area contributed by atoms with Crippen molar-refractivity contribution in [3.63, 3.8) is 0 Å². The molecule has 180 valence electrons. The Morgan fingerprint density at radius 2 is 1.67 bits per heavy atom. The van der Waals surface area contributed by atoms with Crippen LogP contribution in [0, 0.1) is 5.92 Å². The molecule has 0 radical (unpaired) electrons. The van der Waals surface area contributed by atoms with Crippen LogP contribution in [-0.4, -0.2) is 57.5 Å². The van der Waals surface area contributed by atoms with E-state index < -0.39 is 15.9 Å². The second kappa shape index (κ2) is 11.0. The van der Waals surface area contributed by atoms with Gasteiger partial charge in [0.1, 0.15) is 6.04 Å². The van der Waals surface area contributed by atoms with E-state index >= 15 is 0 Å². The number of nitrogens with zero attached hydrogens (tertiary/aromatic N) is 1. The van der Waals surface area contributed by atoms with Gasteiger partial charge in [-0.25, -0.2) is 8.42 Å². The van der Waals surface area contributed by atoms with E-state index in [1.807, 2.05) is 60.4 Å². The highest BCUT2D eigenvalue weighted by atomic mass is 32.2. The average molecular weight is 475 g/mol. The number of benzene rings is 2. The van der Waals surface area contributed by atoms with Crippen molar-refractivity contribution >= 4 is 15.7 Å². The first-order chi connectivity index (χ1) is 15.7. The molecular weight excluding hydrogens is 440 g/mol. The second-order valence-electron chi connectivity index (χ2n) is 8.85. The van der Waals surface area contributed by atoms with Crippen molar-refractivity contribution in [1.29, 1.82) is 0 Å². The summed E-state index contributed by atoms with van der Waals surface area (Å²) < 4.78 is 35.2. The molecule has 1 aliphatic heterocycles. The second-order valence-corrected chi connectivity index (χ2v) is 11.2. The molecule has 8 heteroatoms. The molecular formula is C25H34N2O5S. The summed E-state index contributed by atoms with van der Waals surface area (Å²) in [5, 5.41) is 3.11. The molecule has 2 aromatic carbocycles. The molecule has 1 heterocycles. The quantitative estimate of drug-likeness (QED) is 0.600. The molecule has 1 amide bonds. The van der Waals surface area contributed by atoms with Crippen LogP contribution in [0.5, 0.6) is 11.5 Å². The number of hydrogen-bond donors (Lipinski definition) is 1. The molecule has 2 aromatic rings. The maximum atomic E-state index is 13.4. The first-order valence-electron chi connectivity index (χ1n) is 11.3. The molecule has 2 atom stereocenters. The van der Waals surface area contributed by atoms with Crippen molar-refractivity contribution in [1.82, 2.24) is 10.2 Å². The van der Waals surface area contributed by atoms with Crippen LogP contribution in [-0.2, 0) is 14.6 Å². The van der Waals surface area contributed by atoms with Gasteiger partial charge in [0, 0.05) is 13.1 Å². The molecule has 0 aliphatic carbocycles. The lowest BCUT2D eigenvalue weighted by Gasteiger charge is -2.34. The number of ether oxygens (including phenoxy) is 2. The number of carbonyl (C=O) groups excluding carboxylic acids is 1. The maximum Gasteiger partial charge on any atom is 0.242 e. The lowest BCUT2D eigenvalue weighted by Crippen LogP contribution is -2.47. The van der Waals surface area contributed by atoms with Gasteiger partial charge in [-0.1, -0.05) is 50.2 Å². The van der Waals surface area contributed by atoms with Gasteiger partial charge in [-0.15, -0.1) is 0 Å². The molecule has 1 fully saturated rings. The minimum absolute atomic E-state index is 0.0637. The third-order valence-corrected chi connectivity index (χ3v) is 7.34. The number of rotatable bonds is 9. The largest absolute Gasteiger partial charge is 0.493 e. The third-order valence-electron chi connectivity index (χ3n) is 5.73. The number of sulfone groups is 1. The predicted molar refractivity (Wildman–Crippen MR) is 129 cm³/mol. The minimum atomic E-state index is -3.04. The number of hydrogen-bond acceptors (Lipinski definition) is 6. The summed E-state index contributed by atoms with van der Waals surface area (Å²) in [5.41, 5.74) is 1.74. The molecule has 1 N–H and O–H groups in total. The SMILES string of the molecule is COc1cc(C(C)NC(=O)C(c2ccccc2)N2CCS(=O)(=O)CC2)ccc1OCC(C)C. The van der Waals surface area contributed by atoms with Crippen molar-refractivity contribution in [3.05, 3.63) is 59.7 Å². The Hall–Kier alpha value is -2.58. The van der Waals surface area contributed by atoms with Crippen LogP contribution < -0.4 is 14.8 Å². The van der Waals surface area contributed by atoms with Crippen LogP contribution in [0.4, 0.5) is 0 Å². The van der Waals surface area contributed by atoms with Crippen LogP contribution in [0.3, 0.4) is 0 Å². The predicted octanol–water partition coefficient (Wildman–Crippen LogP) is 3.38. The summed E-state index contributed by atoms with van der Waals surface area (Å²) in [6, 6.07) is 14.3. The Bertz CT molecular complexity index is 1030. The maximum absolute atomic E-state index is 13.4. The number of methoxy groups -OCH3 is 1. The number of amides is 1. The normalized spacial score (nSPS) is 17.8. The molecule has 1 saturated heterocycles.